The molecule has 1 aliphatic carbocycles. The maximum Gasteiger partial charge on any atom is 0.147 e. The average Bonchev–Trinajstić information content (AvgIpc) is 1.83. The summed E-state index contributed by atoms with van der Waals surface area (Å²) in [5.74, 6) is -0.166. The van der Waals surface area contributed by atoms with Gasteiger partial charge in [-0.2, -0.15) is 0 Å². The van der Waals surface area contributed by atoms with Crippen molar-refractivity contribution in [1.29, 1.82) is 0 Å². The minimum atomic E-state index is -0.166. The molecule has 0 radical (unpaired) electrons. The van der Waals surface area contributed by atoms with Crippen LogP contribution in [-0.4, -0.2) is 0 Å². The van der Waals surface area contributed by atoms with Gasteiger partial charge in [-0.1, -0.05) is 22.0 Å². The lowest BCUT2D eigenvalue weighted by Gasteiger charge is -2.05. The third kappa shape index (κ3) is 1.64. The third-order valence-electron chi connectivity index (χ3n) is 1.14. The van der Waals surface area contributed by atoms with Crippen molar-refractivity contribution in [2.45, 2.75) is 12.8 Å². The first kappa shape index (κ1) is 7.48. The SMILES string of the molecule is FC1=C(Br)CCC=C1Br. The smallest absolute Gasteiger partial charge is 0.147 e. The van der Waals surface area contributed by atoms with Crippen LogP contribution in [0.3, 0.4) is 0 Å². The van der Waals surface area contributed by atoms with Gasteiger partial charge < -0.3 is 0 Å². The monoisotopic (exact) mass is 254 g/mol. The van der Waals surface area contributed by atoms with Crippen molar-refractivity contribution in [3.63, 3.8) is 0 Å². The summed E-state index contributed by atoms with van der Waals surface area (Å²) in [6.45, 7) is 0. The number of hydrogen-bond donors (Lipinski definition) is 0. The predicted octanol–water partition coefficient (Wildman–Crippen LogP) is 3.64. The van der Waals surface area contributed by atoms with Crippen LogP contribution >= 0.6 is 31.9 Å². The van der Waals surface area contributed by atoms with E-state index in [1.54, 1.807) is 0 Å². The molecule has 0 amide bonds. The van der Waals surface area contributed by atoms with Crippen molar-refractivity contribution in [1.82, 2.24) is 0 Å². The highest BCUT2D eigenvalue weighted by molar-refractivity contribution is 9.12. The molecule has 1 rings (SSSR count). The highest BCUT2D eigenvalue weighted by atomic mass is 79.9. The quantitative estimate of drug-likeness (QED) is 0.620. The topological polar surface area (TPSA) is 0 Å². The molecule has 9 heavy (non-hydrogen) atoms. The fraction of sp³-hybridized carbons (Fsp3) is 0.333. The van der Waals surface area contributed by atoms with Crippen LogP contribution in [0.5, 0.6) is 0 Å². The maximum atomic E-state index is 12.7. The molecule has 0 fully saturated rings. The Morgan fingerprint density at radius 3 is 2.56 bits per heavy atom. The molecule has 1 aliphatic rings. The van der Waals surface area contributed by atoms with Crippen molar-refractivity contribution < 1.29 is 4.39 Å². The van der Waals surface area contributed by atoms with Crippen LogP contribution in [-0.2, 0) is 0 Å². The van der Waals surface area contributed by atoms with E-state index in [-0.39, 0.29) is 5.83 Å². The number of halogens is 3. The maximum absolute atomic E-state index is 12.7. The normalized spacial score (nSPS) is 20.1. The van der Waals surface area contributed by atoms with E-state index >= 15 is 0 Å². The molecular weight excluding hydrogens is 251 g/mol. The summed E-state index contributed by atoms with van der Waals surface area (Å²) < 4.78 is 13.9. The van der Waals surface area contributed by atoms with E-state index in [0.29, 0.717) is 8.96 Å². The van der Waals surface area contributed by atoms with Gasteiger partial charge in [-0.05, 0) is 28.8 Å². The zero-order valence-electron chi connectivity index (χ0n) is 4.63. The lowest BCUT2D eigenvalue weighted by atomic mass is 10.2. The van der Waals surface area contributed by atoms with E-state index < -0.39 is 0 Å². The second kappa shape index (κ2) is 2.97. The van der Waals surface area contributed by atoms with Gasteiger partial charge in [0.2, 0.25) is 0 Å². The highest BCUT2D eigenvalue weighted by Gasteiger charge is 2.10. The fourth-order valence-corrected chi connectivity index (χ4v) is 1.83. The Bertz CT molecular complexity index is 181. The molecule has 0 bridgehead atoms. The van der Waals surface area contributed by atoms with Gasteiger partial charge in [-0.25, -0.2) is 4.39 Å². The summed E-state index contributed by atoms with van der Waals surface area (Å²) in [5.41, 5.74) is 0. The van der Waals surface area contributed by atoms with Crippen molar-refractivity contribution in [2.24, 2.45) is 0 Å². The molecule has 0 aromatic heterocycles. The molecule has 0 heterocycles. The molecule has 0 aromatic rings. The van der Waals surface area contributed by atoms with Crippen LogP contribution in [0.25, 0.3) is 0 Å². The lowest BCUT2D eigenvalue weighted by Crippen LogP contribution is -1.86. The van der Waals surface area contributed by atoms with Gasteiger partial charge >= 0.3 is 0 Å². The van der Waals surface area contributed by atoms with Gasteiger partial charge in [-0.15, -0.1) is 0 Å². The van der Waals surface area contributed by atoms with Gasteiger partial charge in [0.25, 0.3) is 0 Å². The second-order valence-corrected chi connectivity index (χ2v) is 3.62. The number of hydrogen-bond acceptors (Lipinski definition) is 0. The van der Waals surface area contributed by atoms with Crippen LogP contribution < -0.4 is 0 Å². The molecule has 0 aliphatic heterocycles. The van der Waals surface area contributed by atoms with Crippen molar-refractivity contribution in [3.8, 4) is 0 Å². The van der Waals surface area contributed by atoms with Gasteiger partial charge in [-0.3, -0.25) is 0 Å². The first-order valence-electron chi connectivity index (χ1n) is 2.62. The second-order valence-electron chi connectivity index (χ2n) is 1.81. The standard InChI is InChI=1S/C6H5Br2F/c7-4-2-1-3-5(8)6(4)9/h2H,1,3H2. The van der Waals surface area contributed by atoms with Gasteiger partial charge in [0.05, 0.1) is 4.48 Å². The van der Waals surface area contributed by atoms with E-state index in [1.165, 1.54) is 0 Å². The van der Waals surface area contributed by atoms with Crippen molar-refractivity contribution in [2.75, 3.05) is 0 Å². The minimum absolute atomic E-state index is 0.166. The van der Waals surface area contributed by atoms with Crippen molar-refractivity contribution in [3.05, 3.63) is 20.9 Å². The zero-order chi connectivity index (χ0) is 6.85. The van der Waals surface area contributed by atoms with Crippen LogP contribution in [0.15, 0.2) is 20.9 Å². The fourth-order valence-electron chi connectivity index (χ4n) is 0.655. The van der Waals surface area contributed by atoms with E-state index in [4.69, 9.17) is 0 Å². The summed E-state index contributed by atoms with van der Waals surface area (Å²) in [4.78, 5) is 0. The molecule has 0 saturated heterocycles. The third-order valence-corrected chi connectivity index (χ3v) is 2.55. The summed E-state index contributed by atoms with van der Waals surface area (Å²) in [6, 6.07) is 0. The number of allylic oxidation sites excluding steroid dienone is 4. The predicted molar refractivity (Wildman–Crippen MR) is 43.3 cm³/mol. The summed E-state index contributed by atoms with van der Waals surface area (Å²) in [6.07, 6.45) is 3.52. The molecule has 0 N–H and O–H groups in total. The molecule has 0 aromatic carbocycles. The molecule has 0 spiro atoms. The zero-order valence-corrected chi connectivity index (χ0v) is 7.80. The largest absolute Gasteiger partial charge is 0.205 e. The van der Waals surface area contributed by atoms with Gasteiger partial charge in [0.1, 0.15) is 5.83 Å². The minimum Gasteiger partial charge on any atom is -0.205 e. The van der Waals surface area contributed by atoms with Gasteiger partial charge in [0, 0.05) is 4.48 Å². The molecule has 50 valence electrons. The summed E-state index contributed by atoms with van der Waals surface area (Å²) in [5, 5.41) is 0. The summed E-state index contributed by atoms with van der Waals surface area (Å²) >= 11 is 6.22. The molecule has 0 atom stereocenters. The Balaban J connectivity index is 2.88. The highest BCUT2D eigenvalue weighted by Crippen LogP contribution is 2.32. The molecule has 0 nitrogen and oxygen atoms in total. The van der Waals surface area contributed by atoms with E-state index in [1.807, 2.05) is 6.08 Å². The van der Waals surface area contributed by atoms with E-state index in [0.717, 1.165) is 12.8 Å². The first-order chi connectivity index (χ1) is 4.22. The van der Waals surface area contributed by atoms with Crippen LogP contribution in [0.4, 0.5) is 4.39 Å². The Hall–Kier alpha value is 0.370. The van der Waals surface area contributed by atoms with Crippen LogP contribution in [0, 0.1) is 0 Å². The summed E-state index contributed by atoms with van der Waals surface area (Å²) in [7, 11) is 0. The molecule has 0 unspecified atom stereocenters. The Kier molecular flexibility index (Phi) is 2.47. The first-order valence-corrected chi connectivity index (χ1v) is 4.20. The molecular formula is C6H5Br2F. The van der Waals surface area contributed by atoms with Gasteiger partial charge in [0.15, 0.2) is 0 Å². The Morgan fingerprint density at radius 2 is 2.11 bits per heavy atom. The molecule has 3 heteroatoms. The Morgan fingerprint density at radius 1 is 1.44 bits per heavy atom. The van der Waals surface area contributed by atoms with E-state index in [2.05, 4.69) is 31.9 Å². The van der Waals surface area contributed by atoms with Crippen molar-refractivity contribution >= 4 is 31.9 Å². The van der Waals surface area contributed by atoms with Crippen LogP contribution in [0.1, 0.15) is 12.8 Å². The molecule has 0 saturated carbocycles. The number of rotatable bonds is 0. The average molecular weight is 256 g/mol. The van der Waals surface area contributed by atoms with E-state index in [9.17, 15) is 4.39 Å². The van der Waals surface area contributed by atoms with Crippen LogP contribution in [0.2, 0.25) is 0 Å². The Labute approximate surface area is 70.1 Å². The lowest BCUT2D eigenvalue weighted by molar-refractivity contribution is 0.646.